The molecule has 0 nitrogen and oxygen atoms in total. The van der Waals surface area contributed by atoms with Crippen molar-refractivity contribution in [3.05, 3.63) is 12.3 Å². The minimum absolute atomic E-state index is 1.08. The molecular formula is C6H13Br3Si2. The fourth-order valence-corrected chi connectivity index (χ4v) is 9.83. The molecule has 0 saturated carbocycles. The molecule has 0 spiro atoms. The van der Waals surface area contributed by atoms with E-state index >= 15 is 0 Å². The Morgan fingerprint density at radius 1 is 1.18 bits per heavy atom. The van der Waals surface area contributed by atoms with Crippen LogP contribution >= 0.6 is 45.9 Å². The van der Waals surface area contributed by atoms with Crippen LogP contribution in [0.2, 0.25) is 25.2 Å². The highest BCUT2D eigenvalue weighted by Crippen LogP contribution is 2.35. The quantitative estimate of drug-likeness (QED) is 0.496. The molecule has 0 saturated heterocycles. The van der Waals surface area contributed by atoms with Gasteiger partial charge in [-0.2, -0.15) is 0 Å². The first kappa shape index (κ1) is 12.6. The zero-order chi connectivity index (χ0) is 9.12. The molecule has 66 valence electrons. The van der Waals surface area contributed by atoms with Crippen molar-refractivity contribution in [1.29, 1.82) is 0 Å². The fourth-order valence-electron chi connectivity index (χ4n) is 0.566. The molecule has 0 fully saturated rings. The van der Waals surface area contributed by atoms with Crippen LogP contribution in [0.4, 0.5) is 0 Å². The van der Waals surface area contributed by atoms with E-state index in [-0.39, 0.29) is 0 Å². The Hall–Kier alpha value is 1.61. The lowest BCUT2D eigenvalue weighted by atomic mass is 10.9. The molecule has 0 aromatic heterocycles. The van der Waals surface area contributed by atoms with Gasteiger partial charge < -0.3 is 0 Å². The van der Waals surface area contributed by atoms with Crippen molar-refractivity contribution in [3.63, 3.8) is 0 Å². The normalized spacial score (nSPS) is 13.2. The molecule has 0 aromatic carbocycles. The standard InChI is InChI=1S/C6H13Br3Si2/c1-4-10(2,3)5-6-11(7,8)9/h4H,1,5-6H2,2-3H3. The van der Waals surface area contributed by atoms with E-state index in [2.05, 4.69) is 71.2 Å². The molecule has 0 unspecified atom stereocenters. The minimum Gasteiger partial charge on any atom is -0.107 e. The first-order valence-electron chi connectivity index (χ1n) is 3.47. The average molecular weight is 381 g/mol. The van der Waals surface area contributed by atoms with Crippen LogP contribution < -0.4 is 0 Å². The van der Waals surface area contributed by atoms with E-state index in [0.717, 1.165) is 0 Å². The van der Waals surface area contributed by atoms with Crippen LogP contribution in [0.1, 0.15) is 0 Å². The zero-order valence-electron chi connectivity index (χ0n) is 6.83. The van der Waals surface area contributed by atoms with Gasteiger partial charge in [-0.1, -0.05) is 65.0 Å². The summed E-state index contributed by atoms with van der Waals surface area (Å²) in [5, 5.41) is 0. The monoisotopic (exact) mass is 378 g/mol. The van der Waals surface area contributed by atoms with Gasteiger partial charge in [0, 0.05) is 0 Å². The lowest BCUT2D eigenvalue weighted by molar-refractivity contribution is 1.36. The smallest absolute Gasteiger partial charge is 0.107 e. The van der Waals surface area contributed by atoms with Gasteiger partial charge in [0.15, 0.2) is 0 Å². The summed E-state index contributed by atoms with van der Waals surface area (Å²) in [6.45, 7) is 8.55. The Morgan fingerprint density at radius 2 is 1.64 bits per heavy atom. The minimum atomic E-state index is -1.36. The second-order valence-corrected chi connectivity index (χ2v) is 31.7. The van der Waals surface area contributed by atoms with Crippen molar-refractivity contribution in [2.75, 3.05) is 0 Å². The number of rotatable bonds is 4. The number of halogens is 3. The van der Waals surface area contributed by atoms with E-state index in [9.17, 15) is 0 Å². The van der Waals surface area contributed by atoms with Crippen LogP contribution in [0, 0.1) is 0 Å². The average Bonchev–Trinajstić information content (AvgIpc) is 1.83. The topological polar surface area (TPSA) is 0 Å². The van der Waals surface area contributed by atoms with Crippen molar-refractivity contribution in [2.45, 2.75) is 25.2 Å². The molecule has 0 aromatic rings. The molecule has 0 amide bonds. The van der Waals surface area contributed by atoms with Crippen molar-refractivity contribution in [3.8, 4) is 0 Å². The summed E-state index contributed by atoms with van der Waals surface area (Å²) in [5.41, 5.74) is 2.15. The van der Waals surface area contributed by atoms with Gasteiger partial charge in [0.05, 0.1) is 8.07 Å². The summed E-state index contributed by atoms with van der Waals surface area (Å²) in [5.74, 6) is 0. The van der Waals surface area contributed by atoms with Gasteiger partial charge in [-0.3, -0.25) is 0 Å². The fraction of sp³-hybridized carbons (Fsp3) is 0.667. The third-order valence-corrected chi connectivity index (χ3v) is 9.13. The van der Waals surface area contributed by atoms with Gasteiger partial charge in [-0.25, -0.2) is 0 Å². The maximum absolute atomic E-state index is 3.86. The summed E-state index contributed by atoms with van der Waals surface area (Å²) in [7, 11) is -1.08. The van der Waals surface area contributed by atoms with Crippen molar-refractivity contribution < 1.29 is 0 Å². The van der Waals surface area contributed by atoms with Crippen molar-refractivity contribution in [2.24, 2.45) is 0 Å². The predicted molar refractivity (Wildman–Crippen MR) is 69.8 cm³/mol. The molecule has 5 heteroatoms. The van der Waals surface area contributed by atoms with Crippen molar-refractivity contribution in [1.82, 2.24) is 0 Å². The van der Waals surface area contributed by atoms with E-state index in [1.54, 1.807) is 0 Å². The van der Waals surface area contributed by atoms with Gasteiger partial charge in [0.25, 0.3) is 3.93 Å². The highest BCUT2D eigenvalue weighted by Gasteiger charge is 2.26. The van der Waals surface area contributed by atoms with Crippen LogP contribution in [0.15, 0.2) is 12.3 Å². The van der Waals surface area contributed by atoms with E-state index < -0.39 is 12.0 Å². The van der Waals surface area contributed by atoms with Crippen molar-refractivity contribution >= 4 is 57.9 Å². The maximum Gasteiger partial charge on any atom is 0.267 e. The highest BCUT2D eigenvalue weighted by molar-refractivity contribution is 9.72. The van der Waals surface area contributed by atoms with Crippen LogP contribution in [0.3, 0.4) is 0 Å². The summed E-state index contributed by atoms with van der Waals surface area (Å²) < 4.78 is -1.36. The molecule has 11 heavy (non-hydrogen) atoms. The van der Waals surface area contributed by atoms with Crippen LogP contribution in [0.25, 0.3) is 0 Å². The van der Waals surface area contributed by atoms with Gasteiger partial charge in [-0.15, -0.1) is 12.3 Å². The molecular weight excluding hydrogens is 368 g/mol. The molecule has 0 bridgehead atoms. The van der Waals surface area contributed by atoms with Gasteiger partial charge >= 0.3 is 0 Å². The van der Waals surface area contributed by atoms with E-state index in [1.807, 2.05) is 0 Å². The van der Waals surface area contributed by atoms with Crippen LogP contribution in [0.5, 0.6) is 0 Å². The molecule has 0 N–H and O–H groups in total. The molecule has 0 aliphatic rings. The summed E-state index contributed by atoms with van der Waals surface area (Å²) in [6, 6.07) is 2.52. The van der Waals surface area contributed by atoms with E-state index in [4.69, 9.17) is 0 Å². The molecule has 0 heterocycles. The predicted octanol–water partition coefficient (Wildman–Crippen LogP) is 4.54. The number of hydrogen-bond donors (Lipinski definition) is 0. The Kier molecular flexibility index (Phi) is 5.44. The van der Waals surface area contributed by atoms with Crippen LogP contribution in [-0.4, -0.2) is 12.0 Å². The molecule has 0 aliphatic carbocycles. The second kappa shape index (κ2) is 4.74. The van der Waals surface area contributed by atoms with Crippen LogP contribution in [-0.2, 0) is 0 Å². The summed E-state index contributed by atoms with van der Waals surface area (Å²) in [4.78, 5) is 0. The Morgan fingerprint density at radius 3 is 1.91 bits per heavy atom. The highest BCUT2D eigenvalue weighted by atomic mass is 80.0. The zero-order valence-corrected chi connectivity index (χ0v) is 13.6. The Labute approximate surface area is 94.6 Å². The van der Waals surface area contributed by atoms with Gasteiger partial charge in [-0.05, 0) is 6.04 Å². The first-order chi connectivity index (χ1) is 4.77. The first-order valence-corrected chi connectivity index (χ1v) is 15.7. The maximum atomic E-state index is 3.86. The molecule has 0 atom stereocenters. The van der Waals surface area contributed by atoms with Gasteiger partial charge in [0.2, 0.25) is 0 Å². The van der Waals surface area contributed by atoms with Gasteiger partial charge in [0.1, 0.15) is 0 Å². The summed E-state index contributed by atoms with van der Waals surface area (Å²) >= 11 is 10.9. The second-order valence-electron chi connectivity index (χ2n) is 3.31. The third-order valence-electron chi connectivity index (χ3n) is 1.61. The Bertz CT molecular complexity index is 139. The lowest BCUT2D eigenvalue weighted by Gasteiger charge is -2.19. The third kappa shape index (κ3) is 7.96. The largest absolute Gasteiger partial charge is 0.267 e. The number of hydrogen-bond acceptors (Lipinski definition) is 0. The molecule has 0 aliphatic heterocycles. The Balaban J connectivity index is 3.79. The summed E-state index contributed by atoms with van der Waals surface area (Å²) in [6.07, 6.45) is 0. The van der Waals surface area contributed by atoms with E-state index in [0.29, 0.717) is 0 Å². The molecule has 0 radical (unpaired) electrons. The lowest BCUT2D eigenvalue weighted by Crippen LogP contribution is -2.24. The molecule has 0 rings (SSSR count). The van der Waals surface area contributed by atoms with E-state index in [1.165, 1.54) is 12.1 Å². The SMILES string of the molecule is C=C[Si](C)(C)CC[Si](Br)(Br)Br.